The van der Waals surface area contributed by atoms with E-state index in [0.29, 0.717) is 0 Å². The van der Waals surface area contributed by atoms with Crippen LogP contribution >= 0.6 is 15.9 Å². The lowest BCUT2D eigenvalue weighted by molar-refractivity contribution is 0.823. The number of nitrogens with one attached hydrogen (secondary N) is 1. The molecule has 2 aromatic carbocycles. The predicted octanol–water partition coefficient (Wildman–Crippen LogP) is 5.50. The molecule has 0 amide bonds. The van der Waals surface area contributed by atoms with Crippen molar-refractivity contribution in [2.75, 3.05) is 23.3 Å². The van der Waals surface area contributed by atoms with Crippen molar-refractivity contribution >= 4 is 33.4 Å². The van der Waals surface area contributed by atoms with Crippen molar-refractivity contribution in [3.05, 3.63) is 65.1 Å². The first-order valence-corrected chi connectivity index (χ1v) is 9.21. The smallest absolute Gasteiger partial charge is 0.227 e. The average Bonchev–Trinajstić information content (AvgIpc) is 2.65. The Morgan fingerprint density at radius 3 is 2.28 bits per heavy atom. The normalized spacial score (nSPS) is 10.5. The quantitative estimate of drug-likeness (QED) is 0.597. The molecule has 3 rings (SSSR count). The van der Waals surface area contributed by atoms with E-state index in [-0.39, 0.29) is 0 Å². The number of benzene rings is 2. The van der Waals surface area contributed by atoms with Crippen LogP contribution in [0, 0.1) is 0 Å². The Kier molecular flexibility index (Phi) is 5.66. The van der Waals surface area contributed by atoms with Gasteiger partial charge in [0.25, 0.3) is 0 Å². The van der Waals surface area contributed by atoms with Gasteiger partial charge in [-0.3, -0.25) is 0 Å². The monoisotopic (exact) mass is 396 g/mol. The number of anilines is 3. The number of nitrogens with zero attached hydrogens (tertiary/aromatic N) is 3. The first kappa shape index (κ1) is 17.4. The first-order valence-electron chi connectivity index (χ1n) is 8.42. The van der Waals surface area contributed by atoms with Crippen molar-refractivity contribution in [3.8, 4) is 11.3 Å². The van der Waals surface area contributed by atoms with Crippen LogP contribution in [0.1, 0.15) is 13.8 Å². The van der Waals surface area contributed by atoms with Crippen molar-refractivity contribution in [2.24, 2.45) is 0 Å². The molecule has 0 saturated heterocycles. The molecule has 0 saturated carbocycles. The van der Waals surface area contributed by atoms with Crippen LogP contribution in [0.15, 0.2) is 65.1 Å². The van der Waals surface area contributed by atoms with Gasteiger partial charge < -0.3 is 10.2 Å². The highest BCUT2D eigenvalue weighted by molar-refractivity contribution is 9.10. The van der Waals surface area contributed by atoms with Crippen molar-refractivity contribution in [1.82, 2.24) is 9.97 Å². The van der Waals surface area contributed by atoms with Crippen LogP contribution in [0.5, 0.6) is 0 Å². The molecule has 1 heterocycles. The van der Waals surface area contributed by atoms with Gasteiger partial charge in [-0.15, -0.1) is 0 Å². The lowest BCUT2D eigenvalue weighted by Crippen LogP contribution is -2.24. The second kappa shape index (κ2) is 8.12. The van der Waals surface area contributed by atoms with Gasteiger partial charge in [-0.05, 0) is 41.9 Å². The molecule has 128 valence electrons. The van der Waals surface area contributed by atoms with Gasteiger partial charge in [0.05, 0.1) is 11.4 Å². The van der Waals surface area contributed by atoms with Crippen LogP contribution in [0.3, 0.4) is 0 Å². The Morgan fingerprint density at radius 1 is 0.920 bits per heavy atom. The minimum Gasteiger partial charge on any atom is -0.341 e. The molecular formula is C20H21BrN4. The van der Waals surface area contributed by atoms with E-state index in [1.165, 1.54) is 0 Å². The molecule has 1 N–H and O–H groups in total. The fraction of sp³-hybridized carbons (Fsp3) is 0.200. The largest absolute Gasteiger partial charge is 0.341 e. The highest BCUT2D eigenvalue weighted by atomic mass is 79.9. The van der Waals surface area contributed by atoms with Gasteiger partial charge in [-0.25, -0.2) is 4.98 Å². The van der Waals surface area contributed by atoms with Crippen LogP contribution in [0.4, 0.5) is 17.5 Å². The highest BCUT2D eigenvalue weighted by Crippen LogP contribution is 2.28. The van der Waals surface area contributed by atoms with Gasteiger partial charge in [-0.2, -0.15) is 4.98 Å². The van der Waals surface area contributed by atoms with Gasteiger partial charge in [0, 0.05) is 29.2 Å². The topological polar surface area (TPSA) is 41.1 Å². The Bertz CT molecular complexity index is 832. The van der Waals surface area contributed by atoms with Crippen molar-refractivity contribution in [2.45, 2.75) is 13.8 Å². The van der Waals surface area contributed by atoms with E-state index in [0.717, 1.165) is 46.3 Å². The van der Waals surface area contributed by atoms with Gasteiger partial charge in [-0.1, -0.05) is 42.5 Å². The van der Waals surface area contributed by atoms with E-state index < -0.39 is 0 Å². The molecule has 0 unspecified atom stereocenters. The lowest BCUT2D eigenvalue weighted by atomic mass is 10.1. The molecule has 0 aliphatic rings. The summed E-state index contributed by atoms with van der Waals surface area (Å²) in [5.41, 5.74) is 2.96. The van der Waals surface area contributed by atoms with E-state index in [9.17, 15) is 0 Å². The molecule has 0 aliphatic heterocycles. The Morgan fingerprint density at radius 2 is 1.60 bits per heavy atom. The summed E-state index contributed by atoms with van der Waals surface area (Å²) >= 11 is 3.58. The zero-order chi connectivity index (χ0) is 17.6. The molecule has 0 spiro atoms. The predicted molar refractivity (Wildman–Crippen MR) is 108 cm³/mol. The zero-order valence-corrected chi connectivity index (χ0v) is 16.0. The third-order valence-electron chi connectivity index (χ3n) is 3.97. The molecule has 0 bridgehead atoms. The molecule has 0 fully saturated rings. The molecule has 5 heteroatoms. The number of rotatable bonds is 6. The third kappa shape index (κ3) is 4.17. The van der Waals surface area contributed by atoms with Gasteiger partial charge in [0.15, 0.2) is 0 Å². The summed E-state index contributed by atoms with van der Waals surface area (Å²) in [6.07, 6.45) is 0. The third-order valence-corrected chi connectivity index (χ3v) is 4.66. The first-order chi connectivity index (χ1) is 12.2. The second-order valence-electron chi connectivity index (χ2n) is 5.58. The standard InChI is InChI=1S/C20H21BrN4/c1-3-25(4-2)20-23-18(15-10-6-5-7-11-15)14-19(24-20)22-17-13-9-8-12-16(17)21/h5-14H,3-4H2,1-2H3,(H,22,23,24). The fourth-order valence-corrected chi connectivity index (χ4v) is 2.99. The molecule has 4 nitrogen and oxygen atoms in total. The van der Waals surface area contributed by atoms with Gasteiger partial charge in [0.1, 0.15) is 5.82 Å². The number of aromatic nitrogens is 2. The molecule has 25 heavy (non-hydrogen) atoms. The zero-order valence-electron chi connectivity index (χ0n) is 14.4. The second-order valence-corrected chi connectivity index (χ2v) is 6.44. The maximum absolute atomic E-state index is 4.77. The summed E-state index contributed by atoms with van der Waals surface area (Å²) in [5, 5.41) is 3.40. The van der Waals surface area contributed by atoms with Crippen LogP contribution in [-0.2, 0) is 0 Å². The van der Waals surface area contributed by atoms with Gasteiger partial charge in [0.2, 0.25) is 5.95 Å². The molecule has 0 aliphatic carbocycles. The molecule has 0 atom stereocenters. The summed E-state index contributed by atoms with van der Waals surface area (Å²) in [4.78, 5) is 11.6. The number of para-hydroxylation sites is 1. The van der Waals surface area contributed by atoms with E-state index in [1.54, 1.807) is 0 Å². The summed E-state index contributed by atoms with van der Waals surface area (Å²) in [5.74, 6) is 1.52. The maximum atomic E-state index is 4.77. The molecular weight excluding hydrogens is 376 g/mol. The molecule has 0 radical (unpaired) electrons. The minimum absolute atomic E-state index is 0.737. The average molecular weight is 397 g/mol. The minimum atomic E-state index is 0.737. The van der Waals surface area contributed by atoms with Crippen LogP contribution in [-0.4, -0.2) is 23.1 Å². The fourth-order valence-electron chi connectivity index (χ4n) is 2.60. The Labute approximate surface area is 157 Å². The summed E-state index contributed by atoms with van der Waals surface area (Å²) in [6, 6.07) is 20.2. The van der Waals surface area contributed by atoms with E-state index in [4.69, 9.17) is 9.97 Å². The summed E-state index contributed by atoms with van der Waals surface area (Å²) in [6.45, 7) is 5.96. The highest BCUT2D eigenvalue weighted by Gasteiger charge is 2.12. The lowest BCUT2D eigenvalue weighted by Gasteiger charge is -2.20. The van der Waals surface area contributed by atoms with Crippen molar-refractivity contribution < 1.29 is 0 Å². The van der Waals surface area contributed by atoms with E-state index in [2.05, 4.69) is 52.1 Å². The number of hydrogen-bond donors (Lipinski definition) is 1. The van der Waals surface area contributed by atoms with Crippen molar-refractivity contribution in [1.29, 1.82) is 0 Å². The van der Waals surface area contributed by atoms with Crippen LogP contribution in [0.2, 0.25) is 0 Å². The van der Waals surface area contributed by atoms with Gasteiger partial charge >= 0.3 is 0 Å². The maximum Gasteiger partial charge on any atom is 0.227 e. The Balaban J connectivity index is 2.05. The van der Waals surface area contributed by atoms with Crippen LogP contribution < -0.4 is 10.2 Å². The van der Waals surface area contributed by atoms with Crippen LogP contribution in [0.25, 0.3) is 11.3 Å². The number of hydrogen-bond acceptors (Lipinski definition) is 4. The Hall–Kier alpha value is -2.40. The number of halogens is 1. The summed E-state index contributed by atoms with van der Waals surface area (Å²) in [7, 11) is 0. The molecule has 1 aromatic heterocycles. The van der Waals surface area contributed by atoms with Crippen molar-refractivity contribution in [3.63, 3.8) is 0 Å². The van der Waals surface area contributed by atoms with E-state index in [1.807, 2.05) is 48.5 Å². The molecule has 3 aromatic rings. The SMILES string of the molecule is CCN(CC)c1nc(Nc2ccccc2Br)cc(-c2ccccc2)n1. The van der Waals surface area contributed by atoms with E-state index >= 15 is 0 Å². The summed E-state index contributed by atoms with van der Waals surface area (Å²) < 4.78 is 0.999.